The summed E-state index contributed by atoms with van der Waals surface area (Å²) in [6, 6.07) is 29.5. The lowest BCUT2D eigenvalue weighted by Gasteiger charge is -2.39. The van der Waals surface area contributed by atoms with Crippen molar-refractivity contribution in [3.63, 3.8) is 0 Å². The summed E-state index contributed by atoms with van der Waals surface area (Å²) in [6.07, 6.45) is 0. The van der Waals surface area contributed by atoms with Crippen molar-refractivity contribution in [1.29, 1.82) is 0 Å². The molecule has 6 rings (SSSR count). The molecule has 6 heteroatoms. The van der Waals surface area contributed by atoms with Crippen LogP contribution in [-0.4, -0.2) is 40.6 Å². The lowest BCUT2D eigenvalue weighted by Crippen LogP contribution is -2.47. The first kappa shape index (κ1) is 21.1. The Kier molecular flexibility index (Phi) is 5.40. The Morgan fingerprint density at radius 1 is 0.794 bits per heavy atom. The second-order valence-electron chi connectivity index (χ2n) is 8.82. The zero-order chi connectivity index (χ0) is 23.1. The monoisotopic (exact) mass is 466 g/mol. The van der Waals surface area contributed by atoms with Crippen LogP contribution in [0.2, 0.25) is 0 Å². The third kappa shape index (κ3) is 3.69. The molecule has 0 radical (unpaired) electrons. The van der Waals surface area contributed by atoms with Gasteiger partial charge in [-0.25, -0.2) is 4.98 Å². The van der Waals surface area contributed by atoms with E-state index in [4.69, 9.17) is 4.98 Å². The summed E-state index contributed by atoms with van der Waals surface area (Å²) in [7, 11) is 1.83. The van der Waals surface area contributed by atoms with E-state index in [1.807, 2.05) is 25.2 Å². The molecule has 3 aromatic carbocycles. The first-order valence-electron chi connectivity index (χ1n) is 11.7. The van der Waals surface area contributed by atoms with Crippen molar-refractivity contribution >= 4 is 37.6 Å². The first-order valence-corrected chi connectivity index (χ1v) is 12.5. The molecule has 0 amide bonds. The van der Waals surface area contributed by atoms with Crippen molar-refractivity contribution in [3.05, 3.63) is 106 Å². The molecule has 5 nitrogen and oxygen atoms in total. The molecule has 0 aliphatic carbocycles. The molecule has 3 heterocycles. The summed E-state index contributed by atoms with van der Waals surface area (Å²) in [5.41, 5.74) is 4.63. The Balaban J connectivity index is 1.28. The quantitative estimate of drug-likeness (QED) is 0.371. The van der Waals surface area contributed by atoms with Gasteiger partial charge >= 0.3 is 0 Å². The molecule has 170 valence electrons. The zero-order valence-electron chi connectivity index (χ0n) is 19.1. The molecule has 34 heavy (non-hydrogen) atoms. The average molecular weight is 467 g/mol. The van der Waals surface area contributed by atoms with Crippen molar-refractivity contribution in [2.45, 2.75) is 6.04 Å². The van der Waals surface area contributed by atoms with Crippen LogP contribution in [0, 0.1) is 0 Å². The van der Waals surface area contributed by atoms with Crippen molar-refractivity contribution in [3.8, 4) is 0 Å². The third-order valence-electron chi connectivity index (χ3n) is 6.83. The van der Waals surface area contributed by atoms with Crippen LogP contribution >= 0.6 is 11.3 Å². The summed E-state index contributed by atoms with van der Waals surface area (Å²) in [5.74, 6) is 0. The van der Waals surface area contributed by atoms with Gasteiger partial charge in [0, 0.05) is 44.7 Å². The number of rotatable bonds is 4. The van der Waals surface area contributed by atoms with E-state index in [9.17, 15) is 4.79 Å². The predicted octanol–water partition coefficient (Wildman–Crippen LogP) is 5.06. The van der Waals surface area contributed by atoms with Gasteiger partial charge in [0.25, 0.3) is 5.56 Å². The molecule has 2 aromatic heterocycles. The third-order valence-corrected chi connectivity index (χ3v) is 7.99. The molecule has 0 saturated carbocycles. The molecule has 0 N–H and O–H groups in total. The Labute approximate surface area is 202 Å². The minimum atomic E-state index is 0.0131. The molecule has 0 spiro atoms. The zero-order valence-corrected chi connectivity index (χ0v) is 19.9. The van der Waals surface area contributed by atoms with Gasteiger partial charge in [-0.1, -0.05) is 72.0 Å². The van der Waals surface area contributed by atoms with Crippen molar-refractivity contribution in [2.75, 3.05) is 31.1 Å². The molecule has 5 aromatic rings. The molecule has 1 fully saturated rings. The highest BCUT2D eigenvalue weighted by molar-refractivity contribution is 7.23. The molecular formula is C28H26N4OS. The minimum absolute atomic E-state index is 0.0131. The number of aromatic nitrogens is 2. The Bertz CT molecular complexity index is 1460. The number of hydrogen-bond donors (Lipinski definition) is 0. The number of nitrogens with zero attached hydrogens (tertiary/aromatic N) is 4. The summed E-state index contributed by atoms with van der Waals surface area (Å²) >= 11 is 1.73. The number of pyridine rings is 1. The largest absolute Gasteiger partial charge is 0.345 e. The number of fused-ring (bicyclic) bond motifs is 3. The van der Waals surface area contributed by atoms with E-state index in [0.717, 1.165) is 52.4 Å². The Morgan fingerprint density at radius 2 is 1.44 bits per heavy atom. The van der Waals surface area contributed by atoms with Gasteiger partial charge in [-0.05, 0) is 29.3 Å². The minimum Gasteiger partial charge on any atom is -0.345 e. The maximum absolute atomic E-state index is 12.1. The fraction of sp³-hybridized carbons (Fsp3) is 0.214. The highest BCUT2D eigenvalue weighted by atomic mass is 32.1. The number of benzene rings is 3. The number of piperazine rings is 1. The summed E-state index contributed by atoms with van der Waals surface area (Å²) < 4.78 is 2.86. The van der Waals surface area contributed by atoms with Crippen LogP contribution in [0.15, 0.2) is 89.7 Å². The summed E-state index contributed by atoms with van der Waals surface area (Å²) in [5, 5.41) is 2.15. The summed E-state index contributed by atoms with van der Waals surface area (Å²) in [6.45, 7) is 3.82. The SMILES string of the molecule is Cn1c(=O)ccc2c3sc(N4CCN(C(c5ccccc5)c5ccccc5)CC4)nc3ccc21. The molecule has 0 atom stereocenters. The first-order chi connectivity index (χ1) is 16.7. The van der Waals surface area contributed by atoms with Gasteiger partial charge in [-0.2, -0.15) is 0 Å². The second-order valence-corrected chi connectivity index (χ2v) is 9.80. The Morgan fingerprint density at radius 3 is 2.09 bits per heavy atom. The average Bonchev–Trinajstić information content (AvgIpc) is 3.33. The van der Waals surface area contributed by atoms with E-state index in [1.165, 1.54) is 11.1 Å². The fourth-order valence-electron chi connectivity index (χ4n) is 5.02. The van der Waals surface area contributed by atoms with Gasteiger partial charge in [0.15, 0.2) is 5.13 Å². The van der Waals surface area contributed by atoms with E-state index < -0.39 is 0 Å². The van der Waals surface area contributed by atoms with Crippen LogP contribution in [0.4, 0.5) is 5.13 Å². The van der Waals surface area contributed by atoms with Crippen LogP contribution < -0.4 is 10.5 Å². The fourth-order valence-corrected chi connectivity index (χ4v) is 6.16. The van der Waals surface area contributed by atoms with E-state index in [2.05, 4.69) is 70.5 Å². The number of thiazole rings is 1. The lowest BCUT2D eigenvalue weighted by atomic mass is 9.96. The topological polar surface area (TPSA) is 41.4 Å². The van der Waals surface area contributed by atoms with Crippen LogP contribution in [-0.2, 0) is 7.05 Å². The predicted molar refractivity (Wildman–Crippen MR) is 141 cm³/mol. The van der Waals surface area contributed by atoms with E-state index in [-0.39, 0.29) is 11.6 Å². The highest BCUT2D eigenvalue weighted by Crippen LogP contribution is 2.35. The van der Waals surface area contributed by atoms with Gasteiger partial charge in [0.1, 0.15) is 0 Å². The molecule has 0 bridgehead atoms. The molecule has 0 unspecified atom stereocenters. The van der Waals surface area contributed by atoms with E-state index in [0.29, 0.717) is 0 Å². The standard InChI is InChI=1S/C28H26N4OS/c1-30-24-14-13-23-27(22(24)12-15-25(30)33)34-28(29-23)32-18-16-31(17-19-32)26(20-8-4-2-5-9-20)21-10-6-3-7-11-21/h2-15,26H,16-19H2,1H3. The van der Waals surface area contributed by atoms with Crippen molar-refractivity contribution in [2.24, 2.45) is 7.05 Å². The molecule has 1 saturated heterocycles. The molecule has 1 aliphatic rings. The lowest BCUT2D eigenvalue weighted by molar-refractivity contribution is 0.212. The Hall–Kier alpha value is -3.48. The molecule has 1 aliphatic heterocycles. The van der Waals surface area contributed by atoms with Crippen LogP contribution in [0.25, 0.3) is 21.1 Å². The van der Waals surface area contributed by atoms with E-state index >= 15 is 0 Å². The van der Waals surface area contributed by atoms with Crippen LogP contribution in [0.5, 0.6) is 0 Å². The smallest absolute Gasteiger partial charge is 0.250 e. The maximum atomic E-state index is 12.1. The van der Waals surface area contributed by atoms with Gasteiger partial charge < -0.3 is 9.47 Å². The molecular weight excluding hydrogens is 440 g/mol. The number of hydrogen-bond acceptors (Lipinski definition) is 5. The normalized spacial score (nSPS) is 14.9. The van der Waals surface area contributed by atoms with Crippen LogP contribution in [0.1, 0.15) is 17.2 Å². The van der Waals surface area contributed by atoms with Crippen LogP contribution in [0.3, 0.4) is 0 Å². The van der Waals surface area contributed by atoms with Gasteiger partial charge in [0.2, 0.25) is 0 Å². The van der Waals surface area contributed by atoms with Gasteiger partial charge in [0.05, 0.1) is 21.8 Å². The second kappa shape index (κ2) is 8.70. The number of anilines is 1. The van der Waals surface area contributed by atoms with Crippen molar-refractivity contribution in [1.82, 2.24) is 14.5 Å². The van der Waals surface area contributed by atoms with E-state index in [1.54, 1.807) is 22.0 Å². The summed E-state index contributed by atoms with van der Waals surface area (Å²) in [4.78, 5) is 22.0. The van der Waals surface area contributed by atoms with Gasteiger partial charge in [-0.3, -0.25) is 9.69 Å². The van der Waals surface area contributed by atoms with Gasteiger partial charge in [-0.15, -0.1) is 0 Å². The highest BCUT2D eigenvalue weighted by Gasteiger charge is 2.27. The maximum Gasteiger partial charge on any atom is 0.250 e. The van der Waals surface area contributed by atoms with Crippen molar-refractivity contribution < 1.29 is 0 Å². The number of aryl methyl sites for hydroxylation is 1.